The predicted molar refractivity (Wildman–Crippen MR) is 83.0 cm³/mol. The second-order valence-corrected chi connectivity index (χ2v) is 5.33. The SMILES string of the molecule is CON(C)c1nc(C)nc2scc(-c3ccccc3)c12. The van der Waals surface area contributed by atoms with Gasteiger partial charge in [0, 0.05) is 18.0 Å². The van der Waals surface area contributed by atoms with Gasteiger partial charge in [-0.05, 0) is 12.5 Å². The van der Waals surface area contributed by atoms with E-state index in [1.54, 1.807) is 23.5 Å². The lowest BCUT2D eigenvalue weighted by Crippen LogP contribution is -2.17. The average molecular weight is 285 g/mol. The number of rotatable bonds is 3. The Hall–Kier alpha value is -1.98. The average Bonchev–Trinajstić information content (AvgIpc) is 2.90. The highest BCUT2D eigenvalue weighted by Crippen LogP contribution is 2.37. The summed E-state index contributed by atoms with van der Waals surface area (Å²) >= 11 is 1.63. The molecule has 0 saturated heterocycles. The molecule has 0 aliphatic carbocycles. The number of aromatic nitrogens is 2. The third-order valence-electron chi connectivity index (χ3n) is 3.18. The Morgan fingerprint density at radius 2 is 1.90 bits per heavy atom. The minimum atomic E-state index is 0.748. The quantitative estimate of drug-likeness (QED) is 0.688. The van der Waals surface area contributed by atoms with Gasteiger partial charge in [0.25, 0.3) is 0 Å². The Morgan fingerprint density at radius 1 is 1.15 bits per heavy atom. The number of hydrogen-bond donors (Lipinski definition) is 0. The summed E-state index contributed by atoms with van der Waals surface area (Å²) in [4.78, 5) is 15.3. The van der Waals surface area contributed by atoms with Gasteiger partial charge in [0.05, 0.1) is 12.5 Å². The molecule has 0 atom stereocenters. The standard InChI is InChI=1S/C15H15N3OS/c1-10-16-14(18(2)19-3)13-12(9-20-15(13)17-10)11-7-5-4-6-8-11/h4-9H,1-3H3. The fourth-order valence-corrected chi connectivity index (χ4v) is 3.16. The van der Waals surface area contributed by atoms with Gasteiger partial charge < -0.3 is 0 Å². The van der Waals surface area contributed by atoms with Crippen LogP contribution in [0.4, 0.5) is 5.82 Å². The molecule has 0 aliphatic heterocycles. The molecule has 102 valence electrons. The van der Waals surface area contributed by atoms with Crippen LogP contribution >= 0.6 is 11.3 Å². The molecular weight excluding hydrogens is 270 g/mol. The molecule has 0 unspecified atom stereocenters. The Balaban J connectivity index is 2.30. The molecule has 2 heterocycles. The van der Waals surface area contributed by atoms with Crippen molar-refractivity contribution in [1.29, 1.82) is 0 Å². The van der Waals surface area contributed by atoms with E-state index in [4.69, 9.17) is 4.84 Å². The van der Waals surface area contributed by atoms with E-state index in [0.29, 0.717) is 0 Å². The van der Waals surface area contributed by atoms with Crippen LogP contribution in [0.2, 0.25) is 0 Å². The minimum Gasteiger partial charge on any atom is -0.276 e. The van der Waals surface area contributed by atoms with E-state index in [2.05, 4.69) is 27.5 Å². The van der Waals surface area contributed by atoms with E-state index in [9.17, 15) is 0 Å². The summed E-state index contributed by atoms with van der Waals surface area (Å²) in [6, 6.07) is 10.3. The van der Waals surface area contributed by atoms with E-state index < -0.39 is 0 Å². The lowest BCUT2D eigenvalue weighted by atomic mass is 10.1. The van der Waals surface area contributed by atoms with Crippen molar-refractivity contribution in [3.05, 3.63) is 41.5 Å². The Morgan fingerprint density at radius 3 is 2.60 bits per heavy atom. The van der Waals surface area contributed by atoms with Gasteiger partial charge in [-0.15, -0.1) is 11.3 Å². The van der Waals surface area contributed by atoms with E-state index in [0.717, 1.165) is 33.0 Å². The van der Waals surface area contributed by atoms with Gasteiger partial charge in [-0.25, -0.2) is 15.0 Å². The van der Waals surface area contributed by atoms with Gasteiger partial charge in [-0.1, -0.05) is 30.3 Å². The van der Waals surface area contributed by atoms with Crippen LogP contribution in [-0.2, 0) is 4.84 Å². The van der Waals surface area contributed by atoms with Gasteiger partial charge in [0.1, 0.15) is 10.7 Å². The van der Waals surface area contributed by atoms with Gasteiger partial charge >= 0.3 is 0 Å². The molecule has 0 amide bonds. The summed E-state index contributed by atoms with van der Waals surface area (Å²) in [6.07, 6.45) is 0. The van der Waals surface area contributed by atoms with Gasteiger partial charge in [-0.2, -0.15) is 0 Å². The molecule has 0 radical (unpaired) electrons. The lowest BCUT2D eigenvalue weighted by molar-refractivity contribution is 0.183. The normalized spacial score (nSPS) is 10.9. The molecule has 0 saturated carbocycles. The zero-order valence-electron chi connectivity index (χ0n) is 11.6. The van der Waals surface area contributed by atoms with Crippen LogP contribution in [-0.4, -0.2) is 24.1 Å². The van der Waals surface area contributed by atoms with Crippen molar-refractivity contribution in [3.63, 3.8) is 0 Å². The molecule has 3 rings (SSSR count). The molecule has 5 heteroatoms. The molecule has 0 bridgehead atoms. The fraction of sp³-hybridized carbons (Fsp3) is 0.200. The number of hydrogen-bond acceptors (Lipinski definition) is 5. The van der Waals surface area contributed by atoms with Crippen molar-refractivity contribution in [1.82, 2.24) is 9.97 Å². The van der Waals surface area contributed by atoms with Crippen molar-refractivity contribution in [3.8, 4) is 11.1 Å². The summed E-state index contributed by atoms with van der Waals surface area (Å²) in [5.74, 6) is 1.55. The van der Waals surface area contributed by atoms with Crippen LogP contribution in [0.5, 0.6) is 0 Å². The van der Waals surface area contributed by atoms with E-state index in [1.807, 2.05) is 32.2 Å². The number of hydroxylamine groups is 1. The molecule has 1 aromatic carbocycles. The Labute approximate surface area is 121 Å². The van der Waals surface area contributed by atoms with Gasteiger partial charge in [0.15, 0.2) is 5.82 Å². The summed E-state index contributed by atoms with van der Waals surface area (Å²) in [5.41, 5.74) is 2.31. The highest BCUT2D eigenvalue weighted by molar-refractivity contribution is 7.17. The first-order valence-electron chi connectivity index (χ1n) is 6.30. The van der Waals surface area contributed by atoms with E-state index >= 15 is 0 Å². The van der Waals surface area contributed by atoms with Crippen molar-refractivity contribution in [2.45, 2.75) is 6.92 Å². The summed E-state index contributed by atoms with van der Waals surface area (Å²) < 4.78 is 0. The van der Waals surface area contributed by atoms with Crippen molar-refractivity contribution in [2.24, 2.45) is 0 Å². The number of thiophene rings is 1. The van der Waals surface area contributed by atoms with Crippen molar-refractivity contribution >= 4 is 27.4 Å². The number of fused-ring (bicyclic) bond motifs is 1. The molecule has 4 nitrogen and oxygen atoms in total. The number of anilines is 1. The predicted octanol–water partition coefficient (Wildman–Crippen LogP) is 3.66. The second kappa shape index (κ2) is 5.19. The topological polar surface area (TPSA) is 38.2 Å². The van der Waals surface area contributed by atoms with Crippen LogP contribution in [0, 0.1) is 6.92 Å². The summed E-state index contributed by atoms with van der Waals surface area (Å²) in [5, 5.41) is 4.84. The summed E-state index contributed by atoms with van der Waals surface area (Å²) in [6.45, 7) is 1.90. The lowest BCUT2D eigenvalue weighted by Gasteiger charge is -2.16. The third kappa shape index (κ3) is 2.15. The van der Waals surface area contributed by atoms with E-state index in [-0.39, 0.29) is 0 Å². The molecular formula is C15H15N3OS. The van der Waals surface area contributed by atoms with Crippen LogP contribution < -0.4 is 5.06 Å². The highest BCUT2D eigenvalue weighted by Gasteiger charge is 2.16. The maximum Gasteiger partial charge on any atom is 0.165 e. The maximum atomic E-state index is 5.31. The molecule has 0 N–H and O–H groups in total. The fourth-order valence-electron chi connectivity index (χ4n) is 2.17. The molecule has 2 aromatic heterocycles. The highest BCUT2D eigenvalue weighted by atomic mass is 32.1. The van der Waals surface area contributed by atoms with Crippen LogP contribution in [0.25, 0.3) is 21.3 Å². The Bertz CT molecular complexity index is 739. The maximum absolute atomic E-state index is 5.31. The molecule has 20 heavy (non-hydrogen) atoms. The zero-order valence-corrected chi connectivity index (χ0v) is 12.4. The van der Waals surface area contributed by atoms with Crippen molar-refractivity contribution < 1.29 is 4.84 Å². The van der Waals surface area contributed by atoms with Crippen LogP contribution in [0.15, 0.2) is 35.7 Å². The number of nitrogens with zero attached hydrogens (tertiary/aromatic N) is 3. The molecule has 0 fully saturated rings. The van der Waals surface area contributed by atoms with Crippen LogP contribution in [0.3, 0.4) is 0 Å². The minimum absolute atomic E-state index is 0.748. The number of benzene rings is 1. The first-order chi connectivity index (χ1) is 9.70. The van der Waals surface area contributed by atoms with Crippen molar-refractivity contribution in [2.75, 3.05) is 19.2 Å². The zero-order chi connectivity index (χ0) is 14.1. The van der Waals surface area contributed by atoms with Gasteiger partial charge in [0.2, 0.25) is 0 Å². The molecule has 0 aliphatic rings. The monoisotopic (exact) mass is 285 g/mol. The molecule has 0 spiro atoms. The summed E-state index contributed by atoms with van der Waals surface area (Å²) in [7, 11) is 3.49. The third-order valence-corrected chi connectivity index (χ3v) is 4.06. The number of aryl methyl sites for hydroxylation is 1. The second-order valence-electron chi connectivity index (χ2n) is 4.47. The largest absolute Gasteiger partial charge is 0.276 e. The molecule has 3 aromatic rings. The smallest absolute Gasteiger partial charge is 0.165 e. The van der Waals surface area contributed by atoms with Gasteiger partial charge in [-0.3, -0.25) is 4.84 Å². The first-order valence-corrected chi connectivity index (χ1v) is 7.17. The van der Waals surface area contributed by atoms with E-state index in [1.165, 1.54) is 0 Å². The first kappa shape index (κ1) is 13.0. The Kier molecular flexibility index (Phi) is 3.38. The van der Waals surface area contributed by atoms with Crippen LogP contribution in [0.1, 0.15) is 5.82 Å².